The zero-order valence-corrected chi connectivity index (χ0v) is 18.2. The van der Waals surface area contributed by atoms with Gasteiger partial charge in [-0.2, -0.15) is 0 Å². The predicted octanol–water partition coefficient (Wildman–Crippen LogP) is 4.95. The molecule has 0 aliphatic rings. The van der Waals surface area contributed by atoms with Gasteiger partial charge in [-0.15, -0.1) is 0 Å². The smallest absolute Gasteiger partial charge is 0.338 e. The number of benzene rings is 2. The standard InChI is InChI=1S/C23H28N2O4S/c1-3-5-6-7-16-29-20-14-10-17(11-15-20)21(26)25-23(30)24-19-12-8-18(9-13-19)22(27)28-4-2/h8-15H,3-7,16H2,1-2H3,(H2,24,25,26,30). The van der Waals surface area contributed by atoms with Crippen molar-refractivity contribution in [2.45, 2.75) is 39.5 Å². The van der Waals surface area contributed by atoms with Crippen LogP contribution in [0.15, 0.2) is 48.5 Å². The second-order valence-corrected chi connectivity index (χ2v) is 7.05. The van der Waals surface area contributed by atoms with E-state index in [1.165, 1.54) is 12.8 Å². The van der Waals surface area contributed by atoms with Gasteiger partial charge in [0.2, 0.25) is 0 Å². The Bertz CT molecular complexity index is 835. The lowest BCUT2D eigenvalue weighted by Gasteiger charge is -2.11. The highest BCUT2D eigenvalue weighted by Gasteiger charge is 2.10. The van der Waals surface area contributed by atoms with Crippen molar-refractivity contribution >= 4 is 34.9 Å². The third kappa shape index (κ3) is 7.83. The summed E-state index contributed by atoms with van der Waals surface area (Å²) in [6.45, 7) is 4.92. The minimum Gasteiger partial charge on any atom is -0.494 e. The summed E-state index contributed by atoms with van der Waals surface area (Å²) in [7, 11) is 0. The second kappa shape index (κ2) is 12.6. The van der Waals surface area contributed by atoms with E-state index >= 15 is 0 Å². The summed E-state index contributed by atoms with van der Waals surface area (Å²) in [5, 5.41) is 5.72. The fourth-order valence-corrected chi connectivity index (χ4v) is 2.87. The molecule has 2 rings (SSSR count). The summed E-state index contributed by atoms with van der Waals surface area (Å²) < 4.78 is 10.6. The summed E-state index contributed by atoms with van der Waals surface area (Å²) in [6, 6.07) is 13.6. The highest BCUT2D eigenvalue weighted by Crippen LogP contribution is 2.14. The molecule has 0 saturated carbocycles. The SMILES string of the molecule is CCCCCCOc1ccc(C(=O)NC(=S)Nc2ccc(C(=O)OCC)cc2)cc1. The Hall–Kier alpha value is -2.93. The lowest BCUT2D eigenvalue weighted by molar-refractivity contribution is 0.0526. The van der Waals surface area contributed by atoms with E-state index in [4.69, 9.17) is 21.7 Å². The number of carbonyl (C=O) groups is 2. The Labute approximate surface area is 183 Å². The number of anilines is 1. The highest BCUT2D eigenvalue weighted by molar-refractivity contribution is 7.80. The molecular weight excluding hydrogens is 400 g/mol. The summed E-state index contributed by atoms with van der Waals surface area (Å²) in [4.78, 5) is 24.0. The number of unbranched alkanes of at least 4 members (excludes halogenated alkanes) is 3. The van der Waals surface area contributed by atoms with Crippen LogP contribution in [0, 0.1) is 0 Å². The van der Waals surface area contributed by atoms with Crippen LogP contribution in [0.25, 0.3) is 0 Å². The average Bonchev–Trinajstić information content (AvgIpc) is 2.74. The molecule has 0 radical (unpaired) electrons. The average molecular weight is 429 g/mol. The van der Waals surface area contributed by atoms with E-state index in [2.05, 4.69) is 17.6 Å². The van der Waals surface area contributed by atoms with E-state index in [-0.39, 0.29) is 17.0 Å². The predicted molar refractivity (Wildman–Crippen MR) is 122 cm³/mol. The molecule has 0 spiro atoms. The highest BCUT2D eigenvalue weighted by atomic mass is 32.1. The maximum atomic E-state index is 12.4. The van der Waals surface area contributed by atoms with E-state index in [1.807, 2.05) is 0 Å². The van der Waals surface area contributed by atoms with Crippen molar-refractivity contribution in [3.63, 3.8) is 0 Å². The second-order valence-electron chi connectivity index (χ2n) is 6.64. The number of thiocarbonyl (C=S) groups is 1. The molecule has 30 heavy (non-hydrogen) atoms. The van der Waals surface area contributed by atoms with Crippen LogP contribution in [0.4, 0.5) is 5.69 Å². The third-order valence-electron chi connectivity index (χ3n) is 4.26. The molecule has 0 saturated heterocycles. The molecule has 160 valence electrons. The Morgan fingerprint density at radius 2 is 1.57 bits per heavy atom. The number of ether oxygens (including phenoxy) is 2. The van der Waals surface area contributed by atoms with Gasteiger partial charge in [0.1, 0.15) is 5.75 Å². The van der Waals surface area contributed by atoms with Gasteiger partial charge in [0.15, 0.2) is 5.11 Å². The van der Waals surface area contributed by atoms with E-state index in [0.29, 0.717) is 30.0 Å². The molecule has 0 aromatic heterocycles. The Kier molecular flexibility index (Phi) is 9.80. The van der Waals surface area contributed by atoms with Gasteiger partial charge in [-0.3, -0.25) is 10.1 Å². The van der Waals surface area contributed by atoms with Gasteiger partial charge in [-0.25, -0.2) is 4.79 Å². The zero-order valence-electron chi connectivity index (χ0n) is 17.4. The van der Waals surface area contributed by atoms with Gasteiger partial charge in [-0.05, 0) is 74.1 Å². The lowest BCUT2D eigenvalue weighted by atomic mass is 10.2. The third-order valence-corrected chi connectivity index (χ3v) is 4.47. The minimum atomic E-state index is -0.381. The Morgan fingerprint density at radius 3 is 2.20 bits per heavy atom. The molecule has 0 aliphatic heterocycles. The van der Waals surface area contributed by atoms with Crippen molar-refractivity contribution in [1.29, 1.82) is 0 Å². The molecule has 0 atom stereocenters. The number of carbonyl (C=O) groups excluding carboxylic acids is 2. The number of rotatable bonds is 10. The van der Waals surface area contributed by atoms with Crippen LogP contribution in [0.2, 0.25) is 0 Å². The van der Waals surface area contributed by atoms with Crippen LogP contribution in [-0.2, 0) is 4.74 Å². The largest absolute Gasteiger partial charge is 0.494 e. The maximum absolute atomic E-state index is 12.4. The van der Waals surface area contributed by atoms with Crippen molar-refractivity contribution < 1.29 is 19.1 Å². The van der Waals surface area contributed by atoms with Crippen LogP contribution < -0.4 is 15.4 Å². The molecule has 0 heterocycles. The summed E-state index contributed by atoms with van der Waals surface area (Å²) in [5.74, 6) is 0.0453. The Balaban J connectivity index is 1.81. The number of amides is 1. The molecule has 0 bridgehead atoms. The molecule has 7 heteroatoms. The first-order valence-electron chi connectivity index (χ1n) is 10.2. The first kappa shape index (κ1) is 23.3. The van der Waals surface area contributed by atoms with Gasteiger partial charge < -0.3 is 14.8 Å². The van der Waals surface area contributed by atoms with Crippen LogP contribution in [0.5, 0.6) is 5.75 Å². The van der Waals surface area contributed by atoms with E-state index < -0.39 is 0 Å². The van der Waals surface area contributed by atoms with Crippen molar-refractivity contribution in [3.05, 3.63) is 59.7 Å². The molecule has 2 N–H and O–H groups in total. The fraction of sp³-hybridized carbons (Fsp3) is 0.348. The summed E-state index contributed by atoms with van der Waals surface area (Å²) in [6.07, 6.45) is 4.59. The van der Waals surface area contributed by atoms with Crippen LogP contribution in [0.3, 0.4) is 0 Å². The van der Waals surface area contributed by atoms with Crippen molar-refractivity contribution in [3.8, 4) is 5.75 Å². The van der Waals surface area contributed by atoms with Crippen LogP contribution in [-0.4, -0.2) is 30.2 Å². The summed E-state index contributed by atoms with van der Waals surface area (Å²) in [5.41, 5.74) is 1.58. The van der Waals surface area contributed by atoms with Crippen LogP contribution >= 0.6 is 12.2 Å². The molecule has 2 aromatic rings. The van der Waals surface area contributed by atoms with Crippen molar-refractivity contribution in [1.82, 2.24) is 5.32 Å². The van der Waals surface area contributed by atoms with Crippen molar-refractivity contribution in [2.75, 3.05) is 18.5 Å². The molecule has 0 unspecified atom stereocenters. The minimum absolute atomic E-state index is 0.167. The van der Waals surface area contributed by atoms with Gasteiger partial charge in [0.05, 0.1) is 18.8 Å². The zero-order chi connectivity index (χ0) is 21.8. The Morgan fingerprint density at radius 1 is 0.900 bits per heavy atom. The van der Waals surface area contributed by atoms with Gasteiger partial charge in [-0.1, -0.05) is 26.2 Å². The normalized spacial score (nSPS) is 10.2. The number of nitrogens with one attached hydrogen (secondary N) is 2. The van der Waals surface area contributed by atoms with E-state index in [1.54, 1.807) is 55.5 Å². The number of hydrogen-bond donors (Lipinski definition) is 2. The number of esters is 1. The van der Waals surface area contributed by atoms with Gasteiger partial charge in [0.25, 0.3) is 5.91 Å². The quantitative estimate of drug-likeness (QED) is 0.317. The van der Waals surface area contributed by atoms with E-state index in [9.17, 15) is 9.59 Å². The molecule has 0 aliphatic carbocycles. The lowest BCUT2D eigenvalue weighted by Crippen LogP contribution is -2.34. The van der Waals surface area contributed by atoms with Crippen molar-refractivity contribution in [2.24, 2.45) is 0 Å². The van der Waals surface area contributed by atoms with Gasteiger partial charge >= 0.3 is 5.97 Å². The molecule has 0 fully saturated rings. The summed E-state index contributed by atoms with van der Waals surface area (Å²) >= 11 is 5.20. The molecule has 6 nitrogen and oxygen atoms in total. The van der Waals surface area contributed by atoms with Gasteiger partial charge in [0, 0.05) is 11.3 Å². The topological polar surface area (TPSA) is 76.7 Å². The molecule has 2 aromatic carbocycles. The first-order valence-corrected chi connectivity index (χ1v) is 10.6. The first-order chi connectivity index (χ1) is 14.5. The fourth-order valence-electron chi connectivity index (χ4n) is 2.66. The molecular formula is C23H28N2O4S. The molecule has 1 amide bonds. The monoisotopic (exact) mass is 428 g/mol. The van der Waals surface area contributed by atoms with Crippen LogP contribution in [0.1, 0.15) is 60.2 Å². The van der Waals surface area contributed by atoms with E-state index in [0.717, 1.165) is 18.6 Å². The number of hydrogen-bond acceptors (Lipinski definition) is 5. The maximum Gasteiger partial charge on any atom is 0.338 e.